The molecule has 1 nitrogen and oxygen atoms in total. The van der Waals surface area contributed by atoms with Crippen LogP contribution in [0.25, 0.3) is 21.9 Å². The zero-order valence-electron chi connectivity index (χ0n) is 21.5. The summed E-state index contributed by atoms with van der Waals surface area (Å²) >= 11 is 0. The molecule has 1 aliphatic rings. The molecule has 2 heteroatoms. The van der Waals surface area contributed by atoms with Gasteiger partial charge in [0.1, 0.15) is 0 Å². The lowest BCUT2D eigenvalue weighted by Crippen LogP contribution is -1.99. The van der Waals surface area contributed by atoms with E-state index < -0.39 is 0 Å². The van der Waals surface area contributed by atoms with Gasteiger partial charge in [-0.1, -0.05) is 120 Å². The van der Waals surface area contributed by atoms with E-state index in [1.165, 1.54) is 33.0 Å². The molecule has 0 fully saturated rings. The van der Waals surface area contributed by atoms with Crippen molar-refractivity contribution in [1.29, 1.82) is 5.26 Å². The van der Waals surface area contributed by atoms with E-state index in [4.69, 9.17) is 0 Å². The number of aryl methyl sites for hydroxylation is 2. The zero-order valence-corrected chi connectivity index (χ0v) is 22.5. The molecule has 0 radical (unpaired) electrons. The molecule has 0 saturated heterocycles. The number of nitriles is 1. The highest BCUT2D eigenvalue weighted by molar-refractivity contribution is 7.42. The first-order valence-electron chi connectivity index (χ1n) is 12.8. The molecule has 0 aromatic heterocycles. The van der Waals surface area contributed by atoms with Crippen molar-refractivity contribution in [3.8, 4) is 17.2 Å². The fourth-order valence-corrected chi connectivity index (χ4v) is 5.53. The van der Waals surface area contributed by atoms with E-state index in [1.54, 1.807) is 0 Å². The van der Waals surface area contributed by atoms with Crippen LogP contribution >= 0.6 is 8.58 Å². The summed E-state index contributed by atoms with van der Waals surface area (Å²) in [5.74, 6) is 2.70. The van der Waals surface area contributed by atoms with Crippen molar-refractivity contribution in [2.75, 3.05) is 6.16 Å². The van der Waals surface area contributed by atoms with Crippen LogP contribution in [0.3, 0.4) is 0 Å². The van der Waals surface area contributed by atoms with Crippen LogP contribution in [0.1, 0.15) is 48.9 Å². The molecule has 5 rings (SSSR count). The molecule has 0 amide bonds. The third-order valence-electron chi connectivity index (χ3n) is 6.90. The van der Waals surface area contributed by atoms with Crippen molar-refractivity contribution in [1.82, 2.24) is 0 Å². The second kappa shape index (κ2) is 12.5. The Kier molecular flexibility index (Phi) is 8.89. The highest BCUT2D eigenvalue weighted by Gasteiger charge is 2.15. The summed E-state index contributed by atoms with van der Waals surface area (Å²) in [5.41, 5.74) is 8.37. The minimum absolute atomic E-state index is 0.334. The number of fused-ring (bicyclic) bond motifs is 1. The summed E-state index contributed by atoms with van der Waals surface area (Å²) in [6.07, 6.45) is 7.95. The molecule has 0 spiro atoms. The number of hydrogen-bond donors (Lipinski definition) is 0. The molecule has 180 valence electrons. The molecule has 1 heterocycles. The van der Waals surface area contributed by atoms with Crippen LogP contribution in [0, 0.1) is 11.3 Å². The van der Waals surface area contributed by atoms with Crippen molar-refractivity contribution < 1.29 is 0 Å². The van der Waals surface area contributed by atoms with Crippen molar-refractivity contribution in [3.63, 3.8) is 0 Å². The molecule has 0 saturated carbocycles. The molecule has 2 unspecified atom stereocenters. The topological polar surface area (TPSA) is 23.8 Å². The number of rotatable bonds is 5. The van der Waals surface area contributed by atoms with Crippen molar-refractivity contribution in [2.45, 2.75) is 39.5 Å². The van der Waals surface area contributed by atoms with E-state index in [2.05, 4.69) is 124 Å². The lowest BCUT2D eigenvalue weighted by molar-refractivity contribution is 0.923. The van der Waals surface area contributed by atoms with Crippen LogP contribution in [0.4, 0.5) is 0 Å². The molecule has 0 bridgehead atoms. The van der Waals surface area contributed by atoms with Gasteiger partial charge in [0.15, 0.2) is 0 Å². The first-order chi connectivity index (χ1) is 17.6. The summed E-state index contributed by atoms with van der Waals surface area (Å²) in [7, 11) is 0.873. The second-order valence-corrected chi connectivity index (χ2v) is 10.2. The minimum atomic E-state index is 0.334. The number of hydrogen-bond acceptors (Lipinski definition) is 1. The Hall–Kier alpha value is -3.46. The normalized spacial score (nSPS) is 14.0. The van der Waals surface area contributed by atoms with Crippen LogP contribution in [0.2, 0.25) is 0 Å². The summed E-state index contributed by atoms with van der Waals surface area (Å²) in [6, 6.07) is 32.2. The molecule has 4 aromatic carbocycles. The van der Waals surface area contributed by atoms with E-state index in [9.17, 15) is 5.26 Å². The first kappa shape index (κ1) is 25.6. The Morgan fingerprint density at radius 1 is 0.833 bits per heavy atom. The van der Waals surface area contributed by atoms with Gasteiger partial charge in [0, 0.05) is 11.5 Å². The second-order valence-electron chi connectivity index (χ2n) is 9.14. The van der Waals surface area contributed by atoms with Crippen LogP contribution in [-0.2, 0) is 12.8 Å². The highest BCUT2D eigenvalue weighted by Crippen LogP contribution is 2.36. The van der Waals surface area contributed by atoms with Gasteiger partial charge in [-0.3, -0.25) is 0 Å². The molecule has 4 aromatic rings. The highest BCUT2D eigenvalue weighted by atomic mass is 31.1. The molecule has 1 aliphatic heterocycles. The number of benzene rings is 4. The van der Waals surface area contributed by atoms with Crippen molar-refractivity contribution in [2.24, 2.45) is 0 Å². The fourth-order valence-electron chi connectivity index (χ4n) is 4.57. The number of nitrogens with zero attached hydrogens (tertiary/aromatic N) is 1. The van der Waals surface area contributed by atoms with E-state index >= 15 is 0 Å². The molecule has 2 atom stereocenters. The molecule has 0 N–H and O–H groups in total. The van der Waals surface area contributed by atoms with Crippen LogP contribution in [0.5, 0.6) is 0 Å². The first-order valence-corrected chi connectivity index (χ1v) is 14.1. The number of allylic oxidation sites excluding steroid dienone is 3. The molecule has 0 aliphatic carbocycles. The van der Waals surface area contributed by atoms with Crippen molar-refractivity contribution >= 4 is 19.4 Å². The summed E-state index contributed by atoms with van der Waals surface area (Å²) in [4.78, 5) is 0. The third kappa shape index (κ3) is 6.02. The van der Waals surface area contributed by atoms with Gasteiger partial charge in [-0.05, 0) is 69.7 Å². The lowest BCUT2D eigenvalue weighted by atomic mass is 9.88. The predicted octanol–water partition coefficient (Wildman–Crippen LogP) is 9.43. The van der Waals surface area contributed by atoms with Gasteiger partial charge >= 0.3 is 0 Å². The Labute approximate surface area is 218 Å². The maximum atomic E-state index is 9.66. The Balaban J connectivity index is 0.000000256. The Morgan fingerprint density at radius 3 is 2.17 bits per heavy atom. The van der Waals surface area contributed by atoms with Gasteiger partial charge in [0.05, 0.1) is 11.6 Å². The largest absolute Gasteiger partial charge is 0.192 e. The molecule has 36 heavy (non-hydrogen) atoms. The monoisotopic (exact) mass is 487 g/mol. The van der Waals surface area contributed by atoms with Crippen LogP contribution < -0.4 is 0 Å². The van der Waals surface area contributed by atoms with Gasteiger partial charge in [-0.25, -0.2) is 0 Å². The Bertz CT molecular complexity index is 1390. The average Bonchev–Trinajstić information content (AvgIpc) is 2.97. The quantitative estimate of drug-likeness (QED) is 0.257. The van der Waals surface area contributed by atoms with E-state index in [1.807, 2.05) is 6.07 Å². The smallest absolute Gasteiger partial charge is 0.0998 e. The van der Waals surface area contributed by atoms with E-state index in [0.29, 0.717) is 5.92 Å². The minimum Gasteiger partial charge on any atom is -0.192 e. The van der Waals surface area contributed by atoms with Gasteiger partial charge in [-0.2, -0.15) is 5.26 Å². The standard InChI is InChI=1S/C24H20NP.C10H14/c1-17(21-8-5-13-26-16-21)19-11-12-20(15-25)24(14-19)23-10-4-7-18-6-2-3-9-22(18)23;1-3-9-5-7-10(4-2)8-6-9/h2-12,14,16-17,26H,13H2,1H3;5-8H,3-4H2,1-2H3. The summed E-state index contributed by atoms with van der Waals surface area (Å²) in [5, 5.41) is 12.0. The van der Waals surface area contributed by atoms with Crippen LogP contribution in [0.15, 0.2) is 108 Å². The van der Waals surface area contributed by atoms with Crippen molar-refractivity contribution in [3.05, 3.63) is 131 Å². The zero-order chi connectivity index (χ0) is 25.3. The predicted molar refractivity (Wildman–Crippen MR) is 158 cm³/mol. The molecular weight excluding hydrogens is 453 g/mol. The van der Waals surface area contributed by atoms with Gasteiger partial charge in [0.2, 0.25) is 0 Å². The average molecular weight is 488 g/mol. The Morgan fingerprint density at radius 2 is 1.53 bits per heavy atom. The van der Waals surface area contributed by atoms with E-state index in [-0.39, 0.29) is 0 Å². The molecular formula is C34H34NP. The third-order valence-corrected chi connectivity index (χ3v) is 7.91. The SMILES string of the molecule is CC(C1=CPCC=C1)c1ccc(C#N)c(-c2cccc3ccccc23)c1.CCc1ccc(CC)cc1. The van der Waals surface area contributed by atoms with Gasteiger partial charge in [0.25, 0.3) is 0 Å². The van der Waals surface area contributed by atoms with Crippen LogP contribution in [-0.4, -0.2) is 6.16 Å². The van der Waals surface area contributed by atoms with Gasteiger partial charge in [-0.15, -0.1) is 0 Å². The summed E-state index contributed by atoms with van der Waals surface area (Å²) < 4.78 is 0. The fraction of sp³-hybridized carbons (Fsp3) is 0.206. The van der Waals surface area contributed by atoms with Gasteiger partial charge < -0.3 is 0 Å². The summed E-state index contributed by atoms with van der Waals surface area (Å²) in [6.45, 7) is 6.61. The lowest BCUT2D eigenvalue weighted by Gasteiger charge is -2.18. The maximum absolute atomic E-state index is 9.66. The maximum Gasteiger partial charge on any atom is 0.0998 e. The van der Waals surface area contributed by atoms with E-state index in [0.717, 1.165) is 44.3 Å².